The highest BCUT2D eigenvalue weighted by molar-refractivity contribution is 9.10. The number of carbonyl (C=O) groups excluding carboxylic acids is 1. The second kappa shape index (κ2) is 7.55. The van der Waals surface area contributed by atoms with Gasteiger partial charge in [-0.25, -0.2) is 9.07 Å². The molecule has 2 aromatic carbocycles. The van der Waals surface area contributed by atoms with E-state index in [1.165, 1.54) is 29.1 Å². The van der Waals surface area contributed by atoms with Crippen LogP contribution in [-0.4, -0.2) is 35.9 Å². The average Bonchev–Trinajstić information content (AvgIpc) is 3.30. The first-order valence-electron chi connectivity index (χ1n) is 8.61. The van der Waals surface area contributed by atoms with Crippen LogP contribution in [0, 0.1) is 19.7 Å². The number of nitrogens with one attached hydrogen (secondary N) is 1. The number of hydrogen-bond donors (Lipinski definition) is 1. The molecule has 0 aliphatic carbocycles. The van der Waals surface area contributed by atoms with E-state index in [0.29, 0.717) is 22.8 Å². The van der Waals surface area contributed by atoms with Crippen molar-refractivity contribution in [3.63, 3.8) is 0 Å². The van der Waals surface area contributed by atoms with Crippen molar-refractivity contribution in [3.8, 4) is 11.4 Å². The molecule has 8 nitrogen and oxygen atoms in total. The van der Waals surface area contributed by atoms with Gasteiger partial charge in [-0.2, -0.15) is 9.78 Å². The summed E-state index contributed by atoms with van der Waals surface area (Å²) in [6, 6.07) is 11.8. The third kappa shape index (κ3) is 3.66. The molecule has 0 radical (unpaired) electrons. The molecule has 146 valence electrons. The molecule has 10 heteroatoms. The first-order chi connectivity index (χ1) is 13.9. The number of hydrogen-bond acceptors (Lipinski definition) is 5. The minimum absolute atomic E-state index is 0.0261. The summed E-state index contributed by atoms with van der Waals surface area (Å²) >= 11 is 3.39. The molecule has 0 fully saturated rings. The molecule has 0 saturated heterocycles. The van der Waals surface area contributed by atoms with E-state index >= 15 is 0 Å². The summed E-state index contributed by atoms with van der Waals surface area (Å²) in [4.78, 5) is 12.8. The van der Waals surface area contributed by atoms with Crippen LogP contribution in [0.15, 0.2) is 53.1 Å². The predicted molar refractivity (Wildman–Crippen MR) is 108 cm³/mol. The maximum atomic E-state index is 14.3. The van der Waals surface area contributed by atoms with Crippen molar-refractivity contribution in [2.45, 2.75) is 13.8 Å². The zero-order valence-corrected chi connectivity index (χ0v) is 17.1. The Labute approximate surface area is 173 Å². The lowest BCUT2D eigenvalue weighted by Gasteiger charge is -2.09. The standard InChI is InChI=1S/C19H15BrFN7O/c1-11-16(10-22-27(11)14-5-3-13(20)4-6-14)19(29)23-18-9-15(7-8-17(18)21)28-12(2)24-25-26-28/h3-10H,1-2H3,(H,23,29). The van der Waals surface area contributed by atoms with Gasteiger partial charge in [0.05, 0.1) is 34.5 Å². The van der Waals surface area contributed by atoms with Crippen molar-refractivity contribution < 1.29 is 9.18 Å². The third-order valence-corrected chi connectivity index (χ3v) is 4.92. The monoisotopic (exact) mass is 455 g/mol. The van der Waals surface area contributed by atoms with Crippen molar-refractivity contribution in [2.75, 3.05) is 5.32 Å². The Balaban J connectivity index is 1.62. The summed E-state index contributed by atoms with van der Waals surface area (Å²) in [5, 5.41) is 18.1. The first-order valence-corrected chi connectivity index (χ1v) is 9.40. The number of carbonyl (C=O) groups is 1. The number of anilines is 1. The molecule has 29 heavy (non-hydrogen) atoms. The second-order valence-electron chi connectivity index (χ2n) is 6.29. The van der Waals surface area contributed by atoms with Crippen molar-refractivity contribution in [3.05, 3.63) is 76.0 Å². The molecule has 0 aliphatic rings. The van der Waals surface area contributed by atoms with E-state index in [1.807, 2.05) is 24.3 Å². The van der Waals surface area contributed by atoms with E-state index in [0.717, 1.165) is 10.2 Å². The Morgan fingerprint density at radius 1 is 1.07 bits per heavy atom. The second-order valence-corrected chi connectivity index (χ2v) is 7.20. The highest BCUT2D eigenvalue weighted by Crippen LogP contribution is 2.22. The Bertz CT molecular complexity index is 1200. The average molecular weight is 456 g/mol. The fraction of sp³-hybridized carbons (Fsp3) is 0.105. The number of nitrogens with zero attached hydrogens (tertiary/aromatic N) is 6. The molecule has 0 saturated carbocycles. The number of benzene rings is 2. The molecule has 1 N–H and O–H groups in total. The molecule has 2 heterocycles. The number of tetrazole rings is 1. The molecule has 0 aliphatic heterocycles. The summed E-state index contributed by atoms with van der Waals surface area (Å²) in [7, 11) is 0. The lowest BCUT2D eigenvalue weighted by atomic mass is 10.2. The van der Waals surface area contributed by atoms with Crippen LogP contribution in [0.5, 0.6) is 0 Å². The van der Waals surface area contributed by atoms with Crippen molar-refractivity contribution in [1.82, 2.24) is 30.0 Å². The summed E-state index contributed by atoms with van der Waals surface area (Å²) in [6.45, 7) is 3.50. The highest BCUT2D eigenvalue weighted by Gasteiger charge is 2.17. The van der Waals surface area contributed by atoms with Gasteiger partial charge in [-0.05, 0) is 66.7 Å². The Morgan fingerprint density at radius 2 is 1.79 bits per heavy atom. The number of rotatable bonds is 4. The van der Waals surface area contributed by atoms with Crippen molar-refractivity contribution in [2.24, 2.45) is 0 Å². The van der Waals surface area contributed by atoms with Gasteiger partial charge in [-0.3, -0.25) is 4.79 Å². The molecule has 1 amide bonds. The molecular formula is C19H15BrFN7O. The van der Waals surface area contributed by atoms with E-state index in [9.17, 15) is 9.18 Å². The van der Waals surface area contributed by atoms with Gasteiger partial charge in [0.1, 0.15) is 5.82 Å². The fourth-order valence-electron chi connectivity index (χ4n) is 2.88. The third-order valence-electron chi connectivity index (χ3n) is 4.39. The molecule has 0 spiro atoms. The van der Waals surface area contributed by atoms with Gasteiger partial charge in [-0.1, -0.05) is 15.9 Å². The van der Waals surface area contributed by atoms with Gasteiger partial charge in [0, 0.05) is 4.47 Å². The van der Waals surface area contributed by atoms with Crippen molar-refractivity contribution >= 4 is 27.5 Å². The van der Waals surface area contributed by atoms with Gasteiger partial charge in [0.25, 0.3) is 5.91 Å². The normalized spacial score (nSPS) is 10.9. The van der Waals surface area contributed by atoms with Gasteiger partial charge >= 0.3 is 0 Å². The minimum atomic E-state index is -0.564. The maximum Gasteiger partial charge on any atom is 0.259 e. The van der Waals surface area contributed by atoms with Crippen LogP contribution in [0.1, 0.15) is 21.9 Å². The Hall–Kier alpha value is -3.40. The quantitative estimate of drug-likeness (QED) is 0.507. The van der Waals surface area contributed by atoms with Crippen molar-refractivity contribution in [1.29, 1.82) is 0 Å². The smallest absolute Gasteiger partial charge is 0.259 e. The summed E-state index contributed by atoms with van der Waals surface area (Å²) in [5.41, 5.74) is 2.35. The van der Waals surface area contributed by atoms with Crippen LogP contribution in [0.3, 0.4) is 0 Å². The molecule has 0 unspecified atom stereocenters. The van der Waals surface area contributed by atoms with Crippen LogP contribution < -0.4 is 5.32 Å². The lowest BCUT2D eigenvalue weighted by molar-refractivity contribution is 0.102. The molecule has 0 atom stereocenters. The van der Waals surface area contributed by atoms with Crippen LogP contribution in [0.4, 0.5) is 10.1 Å². The van der Waals surface area contributed by atoms with Gasteiger partial charge in [0.15, 0.2) is 5.82 Å². The Morgan fingerprint density at radius 3 is 2.48 bits per heavy atom. The molecular weight excluding hydrogens is 441 g/mol. The van der Waals surface area contributed by atoms with Crippen LogP contribution in [0.2, 0.25) is 0 Å². The van der Waals surface area contributed by atoms with E-state index in [4.69, 9.17) is 0 Å². The summed E-state index contributed by atoms with van der Waals surface area (Å²) in [6.07, 6.45) is 1.46. The van der Waals surface area contributed by atoms with E-state index < -0.39 is 11.7 Å². The zero-order chi connectivity index (χ0) is 20.5. The van der Waals surface area contributed by atoms with Crippen LogP contribution in [0.25, 0.3) is 11.4 Å². The summed E-state index contributed by atoms with van der Waals surface area (Å²) in [5.74, 6) is -0.485. The largest absolute Gasteiger partial charge is 0.319 e. The molecule has 0 bridgehead atoms. The lowest BCUT2D eigenvalue weighted by Crippen LogP contribution is -2.14. The topological polar surface area (TPSA) is 90.5 Å². The first kappa shape index (κ1) is 18.9. The molecule has 2 aromatic heterocycles. The number of amides is 1. The molecule has 4 aromatic rings. The fourth-order valence-corrected chi connectivity index (χ4v) is 3.14. The van der Waals surface area contributed by atoms with Crippen LogP contribution in [-0.2, 0) is 0 Å². The maximum absolute atomic E-state index is 14.3. The number of halogens is 2. The highest BCUT2D eigenvalue weighted by atomic mass is 79.9. The van der Waals surface area contributed by atoms with Gasteiger partial charge < -0.3 is 5.32 Å². The van der Waals surface area contributed by atoms with E-state index in [1.54, 1.807) is 18.5 Å². The molecule has 4 rings (SSSR count). The Kier molecular flexibility index (Phi) is 4.93. The van der Waals surface area contributed by atoms with E-state index in [-0.39, 0.29) is 5.69 Å². The number of aromatic nitrogens is 6. The van der Waals surface area contributed by atoms with E-state index in [2.05, 4.69) is 41.9 Å². The minimum Gasteiger partial charge on any atom is -0.319 e. The van der Waals surface area contributed by atoms with Crippen LogP contribution >= 0.6 is 15.9 Å². The van der Waals surface area contributed by atoms with Gasteiger partial charge in [0.2, 0.25) is 0 Å². The predicted octanol–water partition coefficient (Wildman–Crippen LogP) is 3.62. The summed E-state index contributed by atoms with van der Waals surface area (Å²) < 4.78 is 18.3. The number of aryl methyl sites for hydroxylation is 1. The zero-order valence-electron chi connectivity index (χ0n) is 15.5. The van der Waals surface area contributed by atoms with Gasteiger partial charge in [-0.15, -0.1) is 5.10 Å². The SMILES string of the molecule is Cc1nnnn1-c1ccc(F)c(NC(=O)c2cnn(-c3ccc(Br)cc3)c2C)c1.